The third kappa shape index (κ3) is 4.30. The first kappa shape index (κ1) is 9.41. The molecule has 0 aromatic rings. The van der Waals surface area contributed by atoms with Crippen molar-refractivity contribution in [3.8, 4) is 6.07 Å². The van der Waals surface area contributed by atoms with Gasteiger partial charge in [-0.15, -0.1) is 0 Å². The SMILES string of the molecule is CCN(CC#N)CCOC. The van der Waals surface area contributed by atoms with Crippen molar-refractivity contribution in [3.05, 3.63) is 0 Å². The number of hydrogen-bond acceptors (Lipinski definition) is 3. The van der Waals surface area contributed by atoms with Crippen molar-refractivity contribution in [3.63, 3.8) is 0 Å². The lowest BCUT2D eigenvalue weighted by Gasteiger charge is -2.14. The van der Waals surface area contributed by atoms with E-state index in [0.29, 0.717) is 13.2 Å². The van der Waals surface area contributed by atoms with Gasteiger partial charge in [-0.25, -0.2) is 0 Å². The van der Waals surface area contributed by atoms with Gasteiger partial charge in [0.05, 0.1) is 19.2 Å². The van der Waals surface area contributed by atoms with E-state index in [9.17, 15) is 0 Å². The summed E-state index contributed by atoms with van der Waals surface area (Å²) >= 11 is 0. The van der Waals surface area contributed by atoms with Crippen LogP contribution in [0.4, 0.5) is 0 Å². The molecular formula is C7H14N2O. The number of ether oxygens (including phenoxy) is 1. The minimum atomic E-state index is 0.500. The fraction of sp³-hybridized carbons (Fsp3) is 0.857. The van der Waals surface area contributed by atoms with Crippen molar-refractivity contribution in [2.75, 3.05) is 33.4 Å². The van der Waals surface area contributed by atoms with Crippen molar-refractivity contribution in [1.29, 1.82) is 5.26 Å². The first-order chi connectivity index (χ1) is 4.85. The number of methoxy groups -OCH3 is 1. The lowest BCUT2D eigenvalue weighted by Crippen LogP contribution is -2.27. The molecule has 0 radical (unpaired) electrons. The number of nitrogens with zero attached hydrogens (tertiary/aromatic N) is 2. The average Bonchev–Trinajstić information content (AvgIpc) is 1.98. The van der Waals surface area contributed by atoms with Crippen LogP contribution in [0.25, 0.3) is 0 Å². The van der Waals surface area contributed by atoms with Gasteiger partial charge in [-0.2, -0.15) is 5.26 Å². The summed E-state index contributed by atoms with van der Waals surface area (Å²) in [5.74, 6) is 0. The highest BCUT2D eigenvalue weighted by Crippen LogP contribution is 1.84. The summed E-state index contributed by atoms with van der Waals surface area (Å²) in [5, 5.41) is 8.33. The first-order valence-electron chi connectivity index (χ1n) is 3.43. The summed E-state index contributed by atoms with van der Waals surface area (Å²) in [5.41, 5.74) is 0. The third-order valence-electron chi connectivity index (χ3n) is 1.35. The minimum Gasteiger partial charge on any atom is -0.383 e. The van der Waals surface area contributed by atoms with Crippen molar-refractivity contribution in [1.82, 2.24) is 4.90 Å². The van der Waals surface area contributed by atoms with Crippen LogP contribution >= 0.6 is 0 Å². The molecule has 0 amide bonds. The normalized spacial score (nSPS) is 9.80. The van der Waals surface area contributed by atoms with Crippen LogP contribution in [-0.2, 0) is 4.74 Å². The van der Waals surface area contributed by atoms with Crippen LogP contribution in [0.5, 0.6) is 0 Å². The Morgan fingerprint density at radius 1 is 1.60 bits per heavy atom. The van der Waals surface area contributed by atoms with Crippen molar-refractivity contribution in [2.45, 2.75) is 6.92 Å². The maximum Gasteiger partial charge on any atom is 0.0866 e. The minimum absolute atomic E-state index is 0.500. The molecule has 0 aliphatic carbocycles. The van der Waals surface area contributed by atoms with Crippen LogP contribution in [0.3, 0.4) is 0 Å². The molecule has 0 aromatic heterocycles. The molecule has 0 saturated heterocycles. The zero-order valence-electron chi connectivity index (χ0n) is 6.63. The Balaban J connectivity index is 3.32. The average molecular weight is 142 g/mol. The Labute approximate surface area is 62.2 Å². The number of rotatable bonds is 5. The fourth-order valence-electron chi connectivity index (χ4n) is 0.669. The molecule has 10 heavy (non-hydrogen) atoms. The van der Waals surface area contributed by atoms with Crippen LogP contribution in [0.2, 0.25) is 0 Å². The molecule has 0 saturated carbocycles. The van der Waals surface area contributed by atoms with Crippen molar-refractivity contribution >= 4 is 0 Å². The van der Waals surface area contributed by atoms with Gasteiger partial charge < -0.3 is 4.74 Å². The molecule has 0 aliphatic heterocycles. The maximum absolute atomic E-state index is 8.33. The van der Waals surface area contributed by atoms with E-state index in [1.165, 1.54) is 0 Å². The smallest absolute Gasteiger partial charge is 0.0866 e. The summed E-state index contributed by atoms with van der Waals surface area (Å²) in [6.45, 7) is 5.00. The lowest BCUT2D eigenvalue weighted by atomic mass is 10.5. The molecule has 0 heterocycles. The summed E-state index contributed by atoms with van der Waals surface area (Å²) in [4.78, 5) is 2.03. The summed E-state index contributed by atoms with van der Waals surface area (Å²) < 4.78 is 4.87. The van der Waals surface area contributed by atoms with E-state index in [-0.39, 0.29) is 0 Å². The second kappa shape index (κ2) is 6.53. The molecule has 0 spiro atoms. The van der Waals surface area contributed by atoms with E-state index < -0.39 is 0 Å². The fourth-order valence-corrected chi connectivity index (χ4v) is 0.669. The van der Waals surface area contributed by atoms with Gasteiger partial charge in [-0.05, 0) is 6.54 Å². The van der Waals surface area contributed by atoms with Crippen LogP contribution in [0, 0.1) is 11.3 Å². The Kier molecular flexibility index (Phi) is 6.14. The van der Waals surface area contributed by atoms with E-state index in [1.54, 1.807) is 7.11 Å². The number of likely N-dealkylation sites (N-methyl/N-ethyl adjacent to an activating group) is 1. The van der Waals surface area contributed by atoms with Crippen molar-refractivity contribution < 1.29 is 4.74 Å². The predicted molar refractivity (Wildman–Crippen MR) is 39.6 cm³/mol. The molecule has 0 N–H and O–H groups in total. The Morgan fingerprint density at radius 3 is 2.70 bits per heavy atom. The molecule has 0 bridgehead atoms. The predicted octanol–water partition coefficient (Wildman–Crippen LogP) is 0.478. The molecule has 3 heteroatoms. The Hall–Kier alpha value is -0.590. The quantitative estimate of drug-likeness (QED) is 0.524. The maximum atomic E-state index is 8.33. The van der Waals surface area contributed by atoms with Gasteiger partial charge in [0, 0.05) is 13.7 Å². The summed E-state index contributed by atoms with van der Waals surface area (Å²) in [6.07, 6.45) is 0. The van der Waals surface area contributed by atoms with Gasteiger partial charge in [0.1, 0.15) is 0 Å². The first-order valence-corrected chi connectivity index (χ1v) is 3.43. The molecule has 3 nitrogen and oxygen atoms in total. The van der Waals surface area contributed by atoms with E-state index in [2.05, 4.69) is 6.07 Å². The van der Waals surface area contributed by atoms with E-state index in [0.717, 1.165) is 13.1 Å². The molecule has 0 unspecified atom stereocenters. The van der Waals surface area contributed by atoms with E-state index in [1.807, 2.05) is 11.8 Å². The van der Waals surface area contributed by atoms with Gasteiger partial charge in [0.2, 0.25) is 0 Å². The largest absolute Gasteiger partial charge is 0.383 e. The van der Waals surface area contributed by atoms with Crippen molar-refractivity contribution in [2.24, 2.45) is 0 Å². The molecule has 0 atom stereocenters. The number of hydrogen-bond donors (Lipinski definition) is 0. The van der Waals surface area contributed by atoms with Crippen LogP contribution in [0.15, 0.2) is 0 Å². The monoisotopic (exact) mass is 142 g/mol. The van der Waals surface area contributed by atoms with Gasteiger partial charge in [-0.1, -0.05) is 6.92 Å². The second-order valence-electron chi connectivity index (χ2n) is 2.02. The van der Waals surface area contributed by atoms with Gasteiger partial charge >= 0.3 is 0 Å². The topological polar surface area (TPSA) is 36.3 Å². The molecular weight excluding hydrogens is 128 g/mol. The zero-order valence-corrected chi connectivity index (χ0v) is 6.63. The summed E-state index contributed by atoms with van der Waals surface area (Å²) in [6, 6.07) is 2.10. The highest BCUT2D eigenvalue weighted by atomic mass is 16.5. The number of nitriles is 1. The van der Waals surface area contributed by atoms with Gasteiger partial charge in [-0.3, -0.25) is 4.90 Å². The second-order valence-corrected chi connectivity index (χ2v) is 2.02. The lowest BCUT2D eigenvalue weighted by molar-refractivity contribution is 0.158. The molecule has 0 aliphatic rings. The molecule has 0 fully saturated rings. The van der Waals surface area contributed by atoms with E-state index >= 15 is 0 Å². The standard InChI is InChI=1S/C7H14N2O/c1-3-9(5-4-8)6-7-10-2/h3,5-7H2,1-2H3. The van der Waals surface area contributed by atoms with Gasteiger partial charge in [0.25, 0.3) is 0 Å². The van der Waals surface area contributed by atoms with Crippen LogP contribution in [-0.4, -0.2) is 38.3 Å². The Morgan fingerprint density at radius 2 is 2.30 bits per heavy atom. The van der Waals surface area contributed by atoms with E-state index in [4.69, 9.17) is 10.00 Å². The zero-order chi connectivity index (χ0) is 7.82. The van der Waals surface area contributed by atoms with Crippen LogP contribution < -0.4 is 0 Å². The van der Waals surface area contributed by atoms with Crippen LogP contribution in [0.1, 0.15) is 6.92 Å². The highest BCUT2D eigenvalue weighted by molar-refractivity contribution is 4.75. The highest BCUT2D eigenvalue weighted by Gasteiger charge is 1.98. The molecule has 58 valence electrons. The Bertz CT molecular complexity index is 109. The third-order valence-corrected chi connectivity index (χ3v) is 1.35. The molecule has 0 aromatic carbocycles. The van der Waals surface area contributed by atoms with Gasteiger partial charge in [0.15, 0.2) is 0 Å². The molecule has 0 rings (SSSR count). The summed E-state index contributed by atoms with van der Waals surface area (Å²) in [7, 11) is 1.67.